The molecule has 1 heterocycles. The van der Waals surface area contributed by atoms with Crippen molar-refractivity contribution in [1.82, 2.24) is 10.3 Å². The number of aromatic nitrogens is 1. The molecule has 0 fully saturated rings. The Labute approximate surface area is 127 Å². The predicted molar refractivity (Wildman–Crippen MR) is 83.5 cm³/mol. The van der Waals surface area contributed by atoms with Crippen molar-refractivity contribution in [3.05, 3.63) is 45.4 Å². The van der Waals surface area contributed by atoms with E-state index in [1.54, 1.807) is 12.3 Å². The van der Waals surface area contributed by atoms with Crippen LogP contribution >= 0.6 is 22.9 Å². The fraction of sp³-hybridized carbons (Fsp3) is 0.286. The van der Waals surface area contributed by atoms with Gasteiger partial charge in [-0.1, -0.05) is 24.6 Å². The van der Waals surface area contributed by atoms with Gasteiger partial charge >= 0.3 is 0 Å². The molecule has 1 aromatic carbocycles. The molecule has 1 aromatic heterocycles. The van der Waals surface area contributed by atoms with Gasteiger partial charge in [-0.3, -0.25) is 4.79 Å². The van der Waals surface area contributed by atoms with Crippen LogP contribution in [-0.2, 0) is 6.54 Å². The molecule has 0 bridgehead atoms. The van der Waals surface area contributed by atoms with Crippen LogP contribution < -0.4 is 10.6 Å². The van der Waals surface area contributed by atoms with Crippen LogP contribution in [0.25, 0.3) is 0 Å². The summed E-state index contributed by atoms with van der Waals surface area (Å²) in [6.07, 6.45) is 2.56. The topological polar surface area (TPSA) is 54.0 Å². The zero-order valence-electron chi connectivity index (χ0n) is 11.1. The molecule has 4 nitrogen and oxygen atoms in total. The maximum Gasteiger partial charge on any atom is 0.251 e. The quantitative estimate of drug-likeness (QED) is 0.858. The third-order valence-electron chi connectivity index (χ3n) is 2.63. The molecule has 106 valence electrons. The zero-order chi connectivity index (χ0) is 14.4. The van der Waals surface area contributed by atoms with E-state index in [-0.39, 0.29) is 5.91 Å². The summed E-state index contributed by atoms with van der Waals surface area (Å²) in [5, 5.41) is 7.01. The highest BCUT2D eigenvalue weighted by Gasteiger charge is 2.05. The van der Waals surface area contributed by atoms with E-state index < -0.39 is 0 Å². The molecule has 2 aromatic rings. The number of nitrogens with zero attached hydrogens (tertiary/aromatic N) is 1. The van der Waals surface area contributed by atoms with Crippen molar-refractivity contribution in [2.45, 2.75) is 19.9 Å². The monoisotopic (exact) mass is 309 g/mol. The number of carbonyl (C=O) groups excluding carboxylic acids is 1. The molecule has 0 saturated heterocycles. The Kier molecular flexibility index (Phi) is 5.38. The second-order valence-corrected chi connectivity index (χ2v) is 5.99. The Morgan fingerprint density at radius 1 is 1.45 bits per heavy atom. The first-order chi connectivity index (χ1) is 9.69. The lowest BCUT2D eigenvalue weighted by Crippen LogP contribution is -2.23. The van der Waals surface area contributed by atoms with Crippen LogP contribution in [0, 0.1) is 0 Å². The van der Waals surface area contributed by atoms with Crippen molar-refractivity contribution in [1.29, 1.82) is 0 Å². The fourth-order valence-corrected chi connectivity index (χ4v) is 2.55. The molecular weight excluding hydrogens is 294 g/mol. The van der Waals surface area contributed by atoms with E-state index in [1.807, 2.05) is 25.1 Å². The van der Waals surface area contributed by atoms with Crippen molar-refractivity contribution in [3.63, 3.8) is 0 Å². The van der Waals surface area contributed by atoms with Crippen LogP contribution in [0.4, 0.5) is 5.69 Å². The zero-order valence-corrected chi connectivity index (χ0v) is 12.7. The minimum atomic E-state index is -0.0483. The number of hydrogen-bond acceptors (Lipinski definition) is 4. The van der Waals surface area contributed by atoms with Crippen LogP contribution in [0.2, 0.25) is 4.34 Å². The van der Waals surface area contributed by atoms with Gasteiger partial charge in [0, 0.05) is 17.8 Å². The Morgan fingerprint density at radius 2 is 2.30 bits per heavy atom. The number of nitrogens with one attached hydrogen (secondary N) is 2. The number of amides is 1. The SMILES string of the molecule is CCCNC(=O)c1cccc(NCc2ncc(Cl)s2)c1. The number of thiazole rings is 1. The summed E-state index contributed by atoms with van der Waals surface area (Å²) in [5.74, 6) is -0.0483. The number of anilines is 1. The first-order valence-electron chi connectivity index (χ1n) is 6.41. The standard InChI is InChI=1S/C14H16ClN3OS/c1-2-6-16-14(19)10-4-3-5-11(7-10)17-9-13-18-8-12(15)20-13/h3-5,7-8,17H,2,6,9H2,1H3,(H,16,19). The molecule has 0 atom stereocenters. The lowest BCUT2D eigenvalue weighted by Gasteiger charge is -2.07. The number of hydrogen-bond donors (Lipinski definition) is 2. The summed E-state index contributed by atoms with van der Waals surface area (Å²) < 4.78 is 0.675. The highest BCUT2D eigenvalue weighted by Crippen LogP contribution is 2.19. The van der Waals surface area contributed by atoms with Gasteiger partial charge in [-0.05, 0) is 24.6 Å². The summed E-state index contributed by atoms with van der Waals surface area (Å²) >= 11 is 7.27. The van der Waals surface area contributed by atoms with Crippen LogP contribution in [0.5, 0.6) is 0 Å². The lowest BCUT2D eigenvalue weighted by molar-refractivity contribution is 0.0953. The third kappa shape index (κ3) is 4.21. The second-order valence-electron chi connectivity index (χ2n) is 4.25. The van der Waals surface area contributed by atoms with Crippen molar-refractivity contribution in [2.75, 3.05) is 11.9 Å². The van der Waals surface area contributed by atoms with Crippen LogP contribution in [0.3, 0.4) is 0 Å². The van der Waals surface area contributed by atoms with Crippen LogP contribution in [-0.4, -0.2) is 17.4 Å². The Balaban J connectivity index is 1.97. The second kappa shape index (κ2) is 7.26. The Hall–Kier alpha value is -1.59. The average molecular weight is 310 g/mol. The van der Waals surface area contributed by atoms with Crippen LogP contribution in [0.1, 0.15) is 28.7 Å². The maximum atomic E-state index is 11.9. The number of rotatable bonds is 6. The van der Waals surface area contributed by atoms with E-state index in [0.717, 1.165) is 17.1 Å². The number of carbonyl (C=O) groups is 1. The van der Waals surface area contributed by atoms with E-state index in [9.17, 15) is 4.79 Å². The fourth-order valence-electron chi connectivity index (χ4n) is 1.66. The summed E-state index contributed by atoms with van der Waals surface area (Å²) in [7, 11) is 0. The number of benzene rings is 1. The molecule has 6 heteroatoms. The smallest absolute Gasteiger partial charge is 0.251 e. The van der Waals surface area contributed by atoms with E-state index in [2.05, 4.69) is 15.6 Å². The highest BCUT2D eigenvalue weighted by atomic mass is 35.5. The van der Waals surface area contributed by atoms with Gasteiger partial charge in [0.1, 0.15) is 9.34 Å². The van der Waals surface area contributed by atoms with Gasteiger partial charge in [0.2, 0.25) is 0 Å². The molecule has 0 spiro atoms. The molecular formula is C14H16ClN3OS. The molecule has 0 aliphatic heterocycles. The summed E-state index contributed by atoms with van der Waals surface area (Å²) in [4.78, 5) is 16.0. The molecule has 2 rings (SSSR count). The first kappa shape index (κ1) is 14.8. The maximum absolute atomic E-state index is 11.9. The molecule has 0 saturated carbocycles. The number of halogens is 1. The van der Waals surface area contributed by atoms with Gasteiger partial charge in [0.15, 0.2) is 0 Å². The van der Waals surface area contributed by atoms with E-state index in [0.29, 0.717) is 23.0 Å². The minimum Gasteiger partial charge on any atom is -0.379 e. The average Bonchev–Trinajstić information content (AvgIpc) is 2.88. The lowest BCUT2D eigenvalue weighted by atomic mass is 10.2. The first-order valence-corrected chi connectivity index (χ1v) is 7.61. The van der Waals surface area contributed by atoms with Crippen molar-refractivity contribution in [2.24, 2.45) is 0 Å². The Morgan fingerprint density at radius 3 is 3.00 bits per heavy atom. The van der Waals surface area contributed by atoms with Crippen molar-refractivity contribution >= 4 is 34.5 Å². The molecule has 0 unspecified atom stereocenters. The minimum absolute atomic E-state index is 0.0483. The van der Waals surface area contributed by atoms with E-state index >= 15 is 0 Å². The molecule has 0 aliphatic carbocycles. The van der Waals surface area contributed by atoms with Gasteiger partial charge in [0.05, 0.1) is 12.7 Å². The normalized spacial score (nSPS) is 10.3. The Bertz CT molecular complexity index is 585. The van der Waals surface area contributed by atoms with Crippen molar-refractivity contribution < 1.29 is 4.79 Å². The molecule has 2 N–H and O–H groups in total. The summed E-state index contributed by atoms with van der Waals surface area (Å²) in [5.41, 5.74) is 1.54. The van der Waals surface area contributed by atoms with Gasteiger partial charge < -0.3 is 10.6 Å². The van der Waals surface area contributed by atoms with E-state index in [1.165, 1.54) is 11.3 Å². The van der Waals surface area contributed by atoms with Gasteiger partial charge in [-0.2, -0.15) is 0 Å². The molecule has 0 aliphatic rings. The molecule has 20 heavy (non-hydrogen) atoms. The molecule has 1 amide bonds. The summed E-state index contributed by atoms with van der Waals surface area (Å²) in [6.45, 7) is 3.31. The highest BCUT2D eigenvalue weighted by molar-refractivity contribution is 7.15. The third-order valence-corrected chi connectivity index (χ3v) is 3.74. The van der Waals surface area contributed by atoms with Crippen LogP contribution in [0.15, 0.2) is 30.5 Å². The van der Waals surface area contributed by atoms with Gasteiger partial charge in [0.25, 0.3) is 5.91 Å². The van der Waals surface area contributed by atoms with Crippen molar-refractivity contribution in [3.8, 4) is 0 Å². The predicted octanol–water partition coefficient (Wildman–Crippen LogP) is 3.55. The van der Waals surface area contributed by atoms with Gasteiger partial charge in [-0.15, -0.1) is 11.3 Å². The summed E-state index contributed by atoms with van der Waals surface area (Å²) in [6, 6.07) is 7.42. The van der Waals surface area contributed by atoms with E-state index in [4.69, 9.17) is 11.6 Å². The molecule has 0 radical (unpaired) electrons. The largest absolute Gasteiger partial charge is 0.379 e. The van der Waals surface area contributed by atoms with Gasteiger partial charge in [-0.25, -0.2) is 4.98 Å².